The van der Waals surface area contributed by atoms with Crippen LogP contribution in [0.1, 0.15) is 15.9 Å². The number of rotatable bonds is 6. The van der Waals surface area contributed by atoms with Crippen LogP contribution in [0.3, 0.4) is 0 Å². The summed E-state index contributed by atoms with van der Waals surface area (Å²) in [5.74, 6) is 0.894. The normalized spacial score (nSPS) is 10.2. The van der Waals surface area contributed by atoms with Crippen molar-refractivity contribution in [2.45, 2.75) is 6.54 Å². The topological polar surface area (TPSA) is 73.3 Å². The molecule has 1 aromatic carbocycles. The zero-order valence-electron chi connectivity index (χ0n) is 14.6. The first-order valence-electron chi connectivity index (χ1n) is 8.07. The van der Waals surface area contributed by atoms with E-state index >= 15 is 0 Å². The Bertz CT molecular complexity index is 898. The Labute approximate surface area is 151 Å². The van der Waals surface area contributed by atoms with E-state index < -0.39 is 0 Å². The van der Waals surface area contributed by atoms with Crippen molar-refractivity contribution in [3.63, 3.8) is 0 Å². The molecule has 3 rings (SSSR count). The van der Waals surface area contributed by atoms with E-state index in [0.29, 0.717) is 23.6 Å². The maximum Gasteiger partial charge on any atom is 0.251 e. The smallest absolute Gasteiger partial charge is 0.251 e. The molecule has 6 nitrogen and oxygen atoms in total. The van der Waals surface area contributed by atoms with Gasteiger partial charge in [-0.25, -0.2) is 0 Å². The number of benzene rings is 1. The molecule has 0 radical (unpaired) electrons. The number of hydrogen-bond acceptors (Lipinski definition) is 5. The molecule has 0 aliphatic carbocycles. The third-order valence-corrected chi connectivity index (χ3v) is 3.93. The van der Waals surface area contributed by atoms with Crippen LogP contribution in [0.5, 0.6) is 11.5 Å². The van der Waals surface area contributed by atoms with Crippen molar-refractivity contribution in [2.24, 2.45) is 0 Å². The van der Waals surface area contributed by atoms with Crippen molar-refractivity contribution in [3.05, 3.63) is 72.2 Å². The fourth-order valence-corrected chi connectivity index (χ4v) is 2.61. The van der Waals surface area contributed by atoms with Crippen molar-refractivity contribution in [2.75, 3.05) is 14.2 Å². The molecule has 0 saturated carbocycles. The zero-order valence-corrected chi connectivity index (χ0v) is 14.6. The van der Waals surface area contributed by atoms with Crippen LogP contribution in [0.2, 0.25) is 0 Å². The fraction of sp³-hybridized carbons (Fsp3) is 0.150. The summed E-state index contributed by atoms with van der Waals surface area (Å²) in [6, 6.07) is 12.6. The van der Waals surface area contributed by atoms with Crippen LogP contribution in [0.15, 0.2) is 61.1 Å². The Kier molecular flexibility index (Phi) is 5.43. The summed E-state index contributed by atoms with van der Waals surface area (Å²) in [6.07, 6.45) is 5.17. The van der Waals surface area contributed by atoms with Crippen LogP contribution < -0.4 is 14.8 Å². The van der Waals surface area contributed by atoms with Gasteiger partial charge in [0.15, 0.2) is 11.5 Å². The molecule has 0 saturated heterocycles. The molecule has 0 atom stereocenters. The van der Waals surface area contributed by atoms with Crippen molar-refractivity contribution >= 4 is 5.91 Å². The highest BCUT2D eigenvalue weighted by atomic mass is 16.5. The molecule has 0 bridgehead atoms. The number of carbonyl (C=O) groups is 1. The maximum absolute atomic E-state index is 12.5. The first-order chi connectivity index (χ1) is 12.7. The molecule has 0 aliphatic heterocycles. The van der Waals surface area contributed by atoms with Crippen molar-refractivity contribution in [1.82, 2.24) is 15.3 Å². The summed E-state index contributed by atoms with van der Waals surface area (Å²) >= 11 is 0. The summed E-state index contributed by atoms with van der Waals surface area (Å²) < 4.78 is 10.4. The first kappa shape index (κ1) is 17.4. The van der Waals surface area contributed by atoms with Gasteiger partial charge in [-0.1, -0.05) is 6.07 Å². The van der Waals surface area contributed by atoms with E-state index in [1.165, 1.54) is 7.11 Å². The van der Waals surface area contributed by atoms with Crippen molar-refractivity contribution < 1.29 is 14.3 Å². The number of methoxy groups -OCH3 is 2. The molecule has 0 aliphatic rings. The second kappa shape index (κ2) is 8.11. The summed E-state index contributed by atoms with van der Waals surface area (Å²) in [5, 5.41) is 2.92. The lowest BCUT2D eigenvalue weighted by Crippen LogP contribution is -2.23. The molecule has 1 amide bonds. The third-order valence-electron chi connectivity index (χ3n) is 3.93. The SMILES string of the molecule is COc1ccc(C(=O)NCc2cccnc2-c2ccncc2)cc1OC. The zero-order chi connectivity index (χ0) is 18.4. The standard InChI is InChI=1S/C20H19N3O3/c1-25-17-6-5-15(12-18(17)26-2)20(24)23-13-16-4-3-9-22-19(16)14-7-10-21-11-8-14/h3-12H,13H2,1-2H3,(H,23,24). The Balaban J connectivity index is 1.77. The van der Waals surface area contributed by atoms with Gasteiger partial charge < -0.3 is 14.8 Å². The lowest BCUT2D eigenvalue weighted by molar-refractivity contribution is 0.0950. The second-order valence-corrected chi connectivity index (χ2v) is 5.50. The largest absolute Gasteiger partial charge is 0.493 e. The molecule has 6 heteroatoms. The van der Waals surface area contributed by atoms with E-state index in [0.717, 1.165) is 16.8 Å². The summed E-state index contributed by atoms with van der Waals surface area (Å²) in [6.45, 7) is 0.360. The summed E-state index contributed by atoms with van der Waals surface area (Å²) in [4.78, 5) is 21.0. The van der Waals surface area contributed by atoms with Gasteiger partial charge in [0.05, 0.1) is 19.9 Å². The minimum atomic E-state index is -0.199. The molecule has 2 aromatic heterocycles. The number of nitrogens with one attached hydrogen (secondary N) is 1. The predicted molar refractivity (Wildman–Crippen MR) is 98.2 cm³/mol. The molecule has 26 heavy (non-hydrogen) atoms. The van der Waals surface area contributed by atoms with E-state index in [1.54, 1.807) is 43.9 Å². The average Bonchev–Trinajstić information content (AvgIpc) is 2.72. The molecule has 0 spiro atoms. The molecule has 3 aromatic rings. The van der Waals surface area contributed by atoms with Crippen molar-refractivity contribution in [3.8, 4) is 22.8 Å². The van der Waals surface area contributed by atoms with E-state index in [2.05, 4.69) is 15.3 Å². The van der Waals surface area contributed by atoms with Crippen LogP contribution in [-0.2, 0) is 6.54 Å². The van der Waals surface area contributed by atoms with Gasteiger partial charge in [-0.3, -0.25) is 14.8 Å². The third kappa shape index (κ3) is 3.80. The fourth-order valence-electron chi connectivity index (χ4n) is 2.61. The van der Waals surface area contributed by atoms with Gasteiger partial charge in [0.25, 0.3) is 5.91 Å². The maximum atomic E-state index is 12.5. The number of ether oxygens (including phenoxy) is 2. The summed E-state index contributed by atoms with van der Waals surface area (Å²) in [7, 11) is 3.09. The van der Waals surface area contributed by atoms with E-state index in [4.69, 9.17) is 9.47 Å². The van der Waals surface area contributed by atoms with E-state index in [-0.39, 0.29) is 5.91 Å². The van der Waals surface area contributed by atoms with Crippen LogP contribution in [-0.4, -0.2) is 30.1 Å². The lowest BCUT2D eigenvalue weighted by atomic mass is 10.1. The Morgan fingerprint density at radius 3 is 2.50 bits per heavy atom. The Hall–Kier alpha value is -3.41. The molecule has 0 unspecified atom stereocenters. The number of carbonyl (C=O) groups excluding carboxylic acids is 1. The van der Waals surface area contributed by atoms with Gasteiger partial charge in [-0.05, 0) is 42.0 Å². The minimum Gasteiger partial charge on any atom is -0.493 e. The van der Waals surface area contributed by atoms with Gasteiger partial charge in [0.1, 0.15) is 0 Å². The molecule has 2 heterocycles. The van der Waals surface area contributed by atoms with E-state index in [1.807, 2.05) is 24.3 Å². The summed E-state index contributed by atoms with van der Waals surface area (Å²) in [5.41, 5.74) is 3.20. The van der Waals surface area contributed by atoms with Gasteiger partial charge in [-0.15, -0.1) is 0 Å². The molecule has 1 N–H and O–H groups in total. The average molecular weight is 349 g/mol. The van der Waals surface area contributed by atoms with Gasteiger partial charge >= 0.3 is 0 Å². The van der Waals surface area contributed by atoms with Crippen LogP contribution >= 0.6 is 0 Å². The first-order valence-corrected chi connectivity index (χ1v) is 8.07. The van der Waals surface area contributed by atoms with Crippen LogP contribution in [0.4, 0.5) is 0 Å². The quantitative estimate of drug-likeness (QED) is 0.740. The van der Waals surface area contributed by atoms with Crippen molar-refractivity contribution in [1.29, 1.82) is 0 Å². The highest BCUT2D eigenvalue weighted by molar-refractivity contribution is 5.95. The monoisotopic (exact) mass is 349 g/mol. The highest BCUT2D eigenvalue weighted by Crippen LogP contribution is 2.27. The second-order valence-electron chi connectivity index (χ2n) is 5.50. The molecular formula is C20H19N3O3. The van der Waals surface area contributed by atoms with Gasteiger partial charge in [0.2, 0.25) is 0 Å². The number of hydrogen-bond donors (Lipinski definition) is 1. The molecule has 0 fully saturated rings. The molecule has 132 valence electrons. The van der Waals surface area contributed by atoms with Gasteiger partial charge in [-0.2, -0.15) is 0 Å². The Morgan fingerprint density at radius 2 is 1.77 bits per heavy atom. The van der Waals surface area contributed by atoms with Crippen LogP contribution in [0.25, 0.3) is 11.3 Å². The number of aromatic nitrogens is 2. The molecular weight excluding hydrogens is 330 g/mol. The van der Waals surface area contributed by atoms with Gasteiger partial charge in [0, 0.05) is 36.3 Å². The van der Waals surface area contributed by atoms with Crippen LogP contribution in [0, 0.1) is 0 Å². The predicted octanol–water partition coefficient (Wildman–Crippen LogP) is 3.09. The highest BCUT2D eigenvalue weighted by Gasteiger charge is 2.12. The number of pyridine rings is 2. The van der Waals surface area contributed by atoms with E-state index in [9.17, 15) is 4.79 Å². The lowest BCUT2D eigenvalue weighted by Gasteiger charge is -2.12. The Morgan fingerprint density at radius 1 is 1.00 bits per heavy atom. The number of amides is 1. The number of nitrogens with zero attached hydrogens (tertiary/aromatic N) is 2. The minimum absolute atomic E-state index is 0.199.